The van der Waals surface area contributed by atoms with Crippen molar-refractivity contribution >= 4 is 11.9 Å². The Morgan fingerprint density at radius 2 is 1.87 bits per heavy atom. The van der Waals surface area contributed by atoms with E-state index in [0.29, 0.717) is 42.3 Å². The van der Waals surface area contributed by atoms with Gasteiger partial charge in [-0.15, -0.1) is 0 Å². The molecule has 1 aromatic heterocycles. The predicted molar refractivity (Wildman–Crippen MR) is 111 cm³/mol. The Morgan fingerprint density at radius 3 is 2.55 bits per heavy atom. The molecule has 1 heterocycles. The van der Waals surface area contributed by atoms with Gasteiger partial charge in [0.05, 0.1) is 31.2 Å². The molecule has 0 amide bonds. The van der Waals surface area contributed by atoms with Gasteiger partial charge in [-0.1, -0.05) is 27.2 Å². The van der Waals surface area contributed by atoms with Gasteiger partial charge >= 0.3 is 17.8 Å². The molecule has 9 nitrogen and oxygen atoms in total. The highest BCUT2D eigenvalue weighted by Crippen LogP contribution is 2.35. The number of nitrogens with zero attached hydrogens (tertiary/aromatic N) is 2. The van der Waals surface area contributed by atoms with Gasteiger partial charge in [0, 0.05) is 6.92 Å². The second-order valence-corrected chi connectivity index (χ2v) is 8.80. The first-order chi connectivity index (χ1) is 14.8. The van der Waals surface area contributed by atoms with Crippen molar-refractivity contribution in [1.29, 1.82) is 0 Å². The zero-order valence-corrected chi connectivity index (χ0v) is 19.1. The minimum absolute atomic E-state index is 0.0389. The average molecular weight is 441 g/mol. The third-order valence-corrected chi connectivity index (χ3v) is 5.85. The molecule has 0 unspecified atom stereocenters. The van der Waals surface area contributed by atoms with Gasteiger partial charge in [0.2, 0.25) is 5.69 Å². The molecule has 1 aliphatic rings. The van der Waals surface area contributed by atoms with E-state index in [1.54, 1.807) is 6.92 Å². The smallest absolute Gasteiger partial charge is 0.397 e. The topological polar surface area (TPSA) is 115 Å². The summed E-state index contributed by atoms with van der Waals surface area (Å²) < 4.78 is 20.7. The lowest BCUT2D eigenvalue weighted by molar-refractivity contribution is -0.806. The van der Waals surface area contributed by atoms with E-state index in [9.17, 15) is 14.8 Å². The molecule has 0 spiro atoms. The standard InChI is InChI=1S/C22H36N2O7/c1-15(2)18-9-8-16(3)14-19(18)30-21(26)11-10-20(25)28-12-6-5-7-13-29-22-17(4)24(27)31-23-22/h15-16,18-19H,5-14H2,1-4H3/t16-,18+,19-/m1/s1. The van der Waals surface area contributed by atoms with Crippen molar-refractivity contribution in [2.24, 2.45) is 17.8 Å². The van der Waals surface area contributed by atoms with Gasteiger partial charge in [0.1, 0.15) is 6.10 Å². The van der Waals surface area contributed by atoms with E-state index in [4.69, 9.17) is 14.2 Å². The number of carbonyl (C=O) groups excluding carboxylic acids is 2. The van der Waals surface area contributed by atoms with E-state index in [1.165, 1.54) is 6.42 Å². The van der Waals surface area contributed by atoms with Crippen LogP contribution in [0.2, 0.25) is 0 Å². The summed E-state index contributed by atoms with van der Waals surface area (Å²) in [5, 5.41) is 14.6. The van der Waals surface area contributed by atoms with Crippen LogP contribution in [0.25, 0.3) is 0 Å². The van der Waals surface area contributed by atoms with Gasteiger partial charge in [0.15, 0.2) is 0 Å². The third-order valence-electron chi connectivity index (χ3n) is 5.85. The lowest BCUT2D eigenvalue weighted by atomic mass is 9.75. The monoisotopic (exact) mass is 440 g/mol. The quantitative estimate of drug-likeness (QED) is 0.276. The Bertz CT molecular complexity index is 704. The van der Waals surface area contributed by atoms with Crippen molar-refractivity contribution < 1.29 is 33.3 Å². The molecule has 3 atom stereocenters. The molecule has 176 valence electrons. The Morgan fingerprint density at radius 1 is 1.16 bits per heavy atom. The second-order valence-electron chi connectivity index (χ2n) is 8.80. The SMILES string of the molecule is Cc1c(OCCCCCOC(=O)CCC(=O)O[C@@H]2C[C@H](C)CC[C@H]2C(C)C)no[n+]1[O-]. The Kier molecular flexibility index (Phi) is 10.1. The van der Waals surface area contributed by atoms with Crippen molar-refractivity contribution in [3.8, 4) is 5.88 Å². The summed E-state index contributed by atoms with van der Waals surface area (Å²) in [7, 11) is 0. The number of ether oxygens (including phenoxy) is 3. The van der Waals surface area contributed by atoms with Crippen molar-refractivity contribution in [2.75, 3.05) is 13.2 Å². The van der Waals surface area contributed by atoms with Gasteiger partial charge in [-0.05, 0) is 54.8 Å². The minimum atomic E-state index is -0.385. The molecule has 1 aliphatic carbocycles. The molecule has 1 aromatic rings. The van der Waals surface area contributed by atoms with Gasteiger partial charge in [0.25, 0.3) is 0 Å². The van der Waals surface area contributed by atoms with Crippen molar-refractivity contribution in [2.45, 2.75) is 85.2 Å². The number of hydrogen-bond donors (Lipinski definition) is 0. The molecule has 9 heteroatoms. The Labute approximate surface area is 183 Å². The summed E-state index contributed by atoms with van der Waals surface area (Å²) in [6.07, 6.45) is 5.41. The van der Waals surface area contributed by atoms with E-state index in [1.807, 2.05) is 0 Å². The van der Waals surface area contributed by atoms with Crippen LogP contribution in [0.15, 0.2) is 4.63 Å². The molecule has 0 radical (unpaired) electrons. The fourth-order valence-corrected chi connectivity index (χ4v) is 3.90. The molecule has 31 heavy (non-hydrogen) atoms. The second kappa shape index (κ2) is 12.5. The molecule has 0 N–H and O–H groups in total. The van der Waals surface area contributed by atoms with Crippen molar-refractivity contribution in [3.05, 3.63) is 10.9 Å². The first-order valence-corrected chi connectivity index (χ1v) is 11.3. The van der Waals surface area contributed by atoms with E-state index in [2.05, 4.69) is 30.6 Å². The maximum absolute atomic E-state index is 12.2. The fourth-order valence-electron chi connectivity index (χ4n) is 3.90. The lowest BCUT2D eigenvalue weighted by Crippen LogP contribution is -2.35. The summed E-state index contributed by atoms with van der Waals surface area (Å²) in [6.45, 7) is 8.78. The largest absolute Gasteiger partial charge is 0.466 e. The van der Waals surface area contributed by atoms with E-state index in [0.717, 1.165) is 25.7 Å². The number of rotatable bonds is 12. The Balaban J connectivity index is 1.53. The normalized spacial score (nSPS) is 21.1. The number of esters is 2. The number of hydrogen-bond acceptors (Lipinski definition) is 8. The van der Waals surface area contributed by atoms with Crippen LogP contribution in [0.5, 0.6) is 5.88 Å². The van der Waals surface area contributed by atoms with Crippen molar-refractivity contribution in [3.63, 3.8) is 0 Å². The van der Waals surface area contributed by atoms with Crippen LogP contribution in [0, 0.1) is 29.9 Å². The highest BCUT2D eigenvalue weighted by molar-refractivity contribution is 5.77. The van der Waals surface area contributed by atoms with Gasteiger partial charge in [-0.3, -0.25) is 14.2 Å². The van der Waals surface area contributed by atoms with Crippen LogP contribution in [0.4, 0.5) is 0 Å². The third kappa shape index (κ3) is 8.38. The van der Waals surface area contributed by atoms with E-state index >= 15 is 0 Å². The van der Waals surface area contributed by atoms with Crippen LogP contribution in [0.1, 0.15) is 77.8 Å². The molecule has 1 fully saturated rings. The van der Waals surface area contributed by atoms with Crippen LogP contribution in [0.3, 0.4) is 0 Å². The van der Waals surface area contributed by atoms with Gasteiger partial charge in [-0.2, -0.15) is 0 Å². The Hall–Kier alpha value is -2.32. The molecule has 0 saturated heterocycles. The van der Waals surface area contributed by atoms with Crippen LogP contribution in [-0.4, -0.2) is 36.4 Å². The number of aromatic nitrogens is 2. The molecule has 0 aliphatic heterocycles. The number of unbranched alkanes of at least 4 members (excludes halogenated alkanes) is 2. The summed E-state index contributed by atoms with van der Waals surface area (Å²) in [5.41, 5.74) is 0.283. The van der Waals surface area contributed by atoms with Crippen LogP contribution in [-0.2, 0) is 19.1 Å². The minimum Gasteiger partial charge on any atom is -0.466 e. The number of carbonyl (C=O) groups is 2. The summed E-state index contributed by atoms with van der Waals surface area (Å²) >= 11 is 0. The molecular weight excluding hydrogens is 404 g/mol. The maximum atomic E-state index is 12.2. The summed E-state index contributed by atoms with van der Waals surface area (Å²) in [4.78, 5) is 24.4. The first-order valence-electron chi connectivity index (χ1n) is 11.3. The average Bonchev–Trinajstić information content (AvgIpc) is 3.03. The molecule has 2 rings (SSSR count). The molecule has 0 aromatic carbocycles. The maximum Gasteiger partial charge on any atom is 0.397 e. The van der Waals surface area contributed by atoms with Crippen LogP contribution >= 0.6 is 0 Å². The zero-order valence-electron chi connectivity index (χ0n) is 19.1. The van der Waals surface area contributed by atoms with E-state index < -0.39 is 0 Å². The zero-order chi connectivity index (χ0) is 22.8. The van der Waals surface area contributed by atoms with Crippen molar-refractivity contribution in [1.82, 2.24) is 5.16 Å². The van der Waals surface area contributed by atoms with Gasteiger partial charge < -0.3 is 19.4 Å². The van der Waals surface area contributed by atoms with Crippen LogP contribution < -0.4 is 9.64 Å². The van der Waals surface area contributed by atoms with Gasteiger partial charge in [-0.25, -0.2) is 0 Å². The highest BCUT2D eigenvalue weighted by atomic mass is 16.8. The first kappa shape index (κ1) is 24.9. The highest BCUT2D eigenvalue weighted by Gasteiger charge is 2.33. The summed E-state index contributed by atoms with van der Waals surface area (Å²) in [6, 6.07) is 0. The van der Waals surface area contributed by atoms with E-state index in [-0.39, 0.29) is 42.5 Å². The molecule has 1 saturated carbocycles. The molecule has 0 bridgehead atoms. The predicted octanol–water partition coefficient (Wildman–Crippen LogP) is 3.49. The lowest BCUT2D eigenvalue weighted by Gasteiger charge is -2.36. The fraction of sp³-hybridized carbons (Fsp3) is 0.818. The summed E-state index contributed by atoms with van der Waals surface area (Å²) in [5.74, 6) is 0.918. The molecular formula is C22H36N2O7.